The Hall–Kier alpha value is -3.47. The lowest BCUT2D eigenvalue weighted by Crippen LogP contribution is -2.00. The van der Waals surface area contributed by atoms with E-state index in [-0.39, 0.29) is 10.8 Å². The monoisotopic (exact) mass is 443 g/mol. The molecule has 0 spiro atoms. The number of aromatic nitrogens is 3. The lowest BCUT2D eigenvalue weighted by Gasteiger charge is -2.09. The zero-order valence-corrected chi connectivity index (χ0v) is 15.4. The van der Waals surface area contributed by atoms with E-state index in [2.05, 4.69) is 25.4 Å². The number of azo groups is 1. The van der Waals surface area contributed by atoms with Crippen molar-refractivity contribution in [2.75, 3.05) is 0 Å². The van der Waals surface area contributed by atoms with Crippen molar-refractivity contribution in [3.63, 3.8) is 0 Å². The van der Waals surface area contributed by atoms with Crippen molar-refractivity contribution in [1.29, 1.82) is 0 Å². The minimum absolute atomic E-state index is 0.0102. The largest absolute Gasteiger partial charge is 0.504 e. The fraction of sp³-hybridized carbons (Fsp3) is 0. The van der Waals surface area contributed by atoms with Crippen molar-refractivity contribution < 1.29 is 40.9 Å². The molecule has 0 atom stereocenters. The van der Waals surface area contributed by atoms with E-state index in [9.17, 15) is 31.3 Å². The summed E-state index contributed by atoms with van der Waals surface area (Å²) in [6, 6.07) is 3.71. The Bertz CT molecular complexity index is 1390. The minimum atomic E-state index is -4.96. The van der Waals surface area contributed by atoms with E-state index < -0.39 is 59.2 Å². The van der Waals surface area contributed by atoms with Gasteiger partial charge in [0.2, 0.25) is 5.82 Å². The normalized spacial score (nSPS) is 12.6. The third-order valence-electron chi connectivity index (χ3n) is 3.52. The number of carbonyl (C=O) groups is 1. The maximum absolute atomic E-state index is 11.5. The molecule has 152 valence electrons. The van der Waals surface area contributed by atoms with Crippen molar-refractivity contribution >= 4 is 48.6 Å². The van der Waals surface area contributed by atoms with Gasteiger partial charge in [-0.2, -0.15) is 16.8 Å². The zero-order valence-electron chi connectivity index (χ0n) is 13.7. The Morgan fingerprint density at radius 2 is 1.69 bits per heavy atom. The van der Waals surface area contributed by atoms with Gasteiger partial charge in [-0.25, -0.2) is 4.79 Å². The molecule has 0 aliphatic rings. The SMILES string of the molecule is O=C(O)c1nnc(N=Nc2c(O)c(S(=O)(=O)O)cc3cc(S(=O)(=O)O)ccc23)[nH]1. The number of carboxylic acid groups (broad SMARTS) is 1. The molecule has 0 aliphatic carbocycles. The van der Waals surface area contributed by atoms with Crippen molar-refractivity contribution in [2.45, 2.75) is 9.79 Å². The lowest BCUT2D eigenvalue weighted by molar-refractivity contribution is 0.0684. The molecule has 0 amide bonds. The Kier molecular flexibility index (Phi) is 4.79. The molecule has 1 heterocycles. The average Bonchev–Trinajstić information content (AvgIpc) is 3.07. The third-order valence-corrected chi connectivity index (χ3v) is 5.24. The summed E-state index contributed by atoms with van der Waals surface area (Å²) >= 11 is 0. The molecule has 2 aromatic carbocycles. The minimum Gasteiger partial charge on any atom is -0.504 e. The standard InChI is InChI=1S/C13H9N5O9S2/c19-10-8(29(25,26)27)4-5-3-6(28(22,23)24)1-2-7(5)9(10)15-17-13-14-11(12(20)21)16-18-13/h1-4,19H,(H,20,21)(H,14,16,18)(H,22,23,24)(H,25,26,27). The average molecular weight is 443 g/mol. The first-order valence-corrected chi connectivity index (χ1v) is 10.1. The maximum atomic E-state index is 11.5. The molecule has 14 nitrogen and oxygen atoms in total. The summed E-state index contributed by atoms with van der Waals surface area (Å²) in [5.74, 6) is -3.40. The van der Waals surface area contributed by atoms with Crippen molar-refractivity contribution in [1.82, 2.24) is 15.2 Å². The number of carboxylic acids is 1. The Morgan fingerprint density at radius 1 is 1.00 bits per heavy atom. The molecule has 0 radical (unpaired) electrons. The number of nitrogens with zero attached hydrogens (tertiary/aromatic N) is 4. The van der Waals surface area contributed by atoms with Crippen LogP contribution in [0.4, 0.5) is 11.6 Å². The van der Waals surface area contributed by atoms with Gasteiger partial charge in [0.05, 0.1) is 4.90 Å². The number of benzene rings is 2. The van der Waals surface area contributed by atoms with Gasteiger partial charge in [-0.3, -0.25) is 14.1 Å². The van der Waals surface area contributed by atoms with Crippen LogP contribution in [-0.2, 0) is 20.2 Å². The fourth-order valence-electron chi connectivity index (χ4n) is 2.28. The Labute approximate surface area is 161 Å². The van der Waals surface area contributed by atoms with Crippen LogP contribution in [0.15, 0.2) is 44.3 Å². The quantitative estimate of drug-likeness (QED) is 0.278. The van der Waals surface area contributed by atoms with Crippen LogP contribution < -0.4 is 0 Å². The zero-order chi connectivity index (χ0) is 21.6. The second-order valence-corrected chi connectivity index (χ2v) is 8.22. The van der Waals surface area contributed by atoms with E-state index in [1.54, 1.807) is 0 Å². The van der Waals surface area contributed by atoms with E-state index in [1.807, 2.05) is 0 Å². The lowest BCUT2D eigenvalue weighted by atomic mass is 10.1. The van der Waals surface area contributed by atoms with Crippen molar-refractivity contribution in [2.24, 2.45) is 10.2 Å². The molecule has 3 aromatic rings. The van der Waals surface area contributed by atoms with Crippen LogP contribution in [0.25, 0.3) is 10.8 Å². The predicted molar refractivity (Wildman–Crippen MR) is 92.8 cm³/mol. The first-order valence-electron chi connectivity index (χ1n) is 7.20. The Balaban J connectivity index is 2.26. The smallest absolute Gasteiger partial charge is 0.373 e. The number of phenols is 1. The van der Waals surface area contributed by atoms with E-state index in [4.69, 9.17) is 9.66 Å². The Morgan fingerprint density at radius 3 is 2.24 bits per heavy atom. The third kappa shape index (κ3) is 4.04. The van der Waals surface area contributed by atoms with Gasteiger partial charge in [0.1, 0.15) is 10.6 Å². The van der Waals surface area contributed by atoms with E-state index in [1.165, 1.54) is 0 Å². The number of H-pyrrole nitrogens is 1. The van der Waals surface area contributed by atoms with Gasteiger partial charge in [-0.05, 0) is 23.6 Å². The van der Waals surface area contributed by atoms with Crippen LogP contribution in [0.5, 0.6) is 5.75 Å². The molecule has 5 N–H and O–H groups in total. The van der Waals surface area contributed by atoms with Crippen LogP contribution in [0.3, 0.4) is 0 Å². The summed E-state index contributed by atoms with van der Waals surface area (Å²) in [6.45, 7) is 0. The highest BCUT2D eigenvalue weighted by Crippen LogP contribution is 2.41. The van der Waals surface area contributed by atoms with E-state index in [0.29, 0.717) is 0 Å². The van der Waals surface area contributed by atoms with Gasteiger partial charge >= 0.3 is 5.97 Å². The number of rotatable bonds is 5. The molecular formula is C13H9N5O9S2. The highest BCUT2D eigenvalue weighted by Gasteiger charge is 2.23. The van der Waals surface area contributed by atoms with E-state index in [0.717, 1.165) is 24.3 Å². The topological polar surface area (TPSA) is 233 Å². The summed E-state index contributed by atoms with van der Waals surface area (Å²) in [6.07, 6.45) is 0. The first kappa shape index (κ1) is 20.3. The number of phenolic OH excluding ortho intramolecular Hbond substituents is 1. The molecule has 0 saturated carbocycles. The fourth-order valence-corrected chi connectivity index (χ4v) is 3.41. The first-order chi connectivity index (χ1) is 13.4. The number of fused-ring (bicyclic) bond motifs is 1. The van der Waals surface area contributed by atoms with Crippen LogP contribution in [0, 0.1) is 0 Å². The van der Waals surface area contributed by atoms with Gasteiger partial charge in [0.25, 0.3) is 26.2 Å². The number of hydrogen-bond acceptors (Lipinski definition) is 10. The second kappa shape index (κ2) is 6.85. The second-order valence-electron chi connectivity index (χ2n) is 5.41. The van der Waals surface area contributed by atoms with Gasteiger partial charge in [0.15, 0.2) is 5.75 Å². The summed E-state index contributed by atoms with van der Waals surface area (Å²) in [5, 5.41) is 32.6. The number of aromatic hydroxyl groups is 1. The highest BCUT2D eigenvalue weighted by molar-refractivity contribution is 7.86. The highest BCUT2D eigenvalue weighted by atomic mass is 32.2. The molecule has 3 rings (SSSR count). The molecular weight excluding hydrogens is 434 g/mol. The van der Waals surface area contributed by atoms with Gasteiger partial charge in [0, 0.05) is 5.39 Å². The molecule has 0 bridgehead atoms. The van der Waals surface area contributed by atoms with Crippen LogP contribution in [0.1, 0.15) is 10.6 Å². The maximum Gasteiger partial charge on any atom is 0.373 e. The predicted octanol–water partition coefficient (Wildman–Crippen LogP) is 1.27. The number of aromatic amines is 1. The van der Waals surface area contributed by atoms with Crippen LogP contribution >= 0.6 is 0 Å². The van der Waals surface area contributed by atoms with Gasteiger partial charge in [-0.1, -0.05) is 6.07 Å². The molecule has 0 aliphatic heterocycles. The summed E-state index contributed by atoms with van der Waals surface area (Å²) in [4.78, 5) is 11.4. The number of nitrogens with one attached hydrogen (secondary N) is 1. The van der Waals surface area contributed by atoms with Crippen molar-refractivity contribution in [3.8, 4) is 5.75 Å². The number of hydrogen-bond donors (Lipinski definition) is 5. The van der Waals surface area contributed by atoms with Gasteiger partial charge < -0.3 is 10.2 Å². The summed E-state index contributed by atoms with van der Waals surface area (Å²) in [7, 11) is -9.60. The van der Waals surface area contributed by atoms with E-state index >= 15 is 0 Å². The van der Waals surface area contributed by atoms with Gasteiger partial charge in [-0.15, -0.1) is 20.4 Å². The molecule has 1 aromatic heterocycles. The van der Waals surface area contributed by atoms with Crippen molar-refractivity contribution in [3.05, 3.63) is 30.1 Å². The van der Waals surface area contributed by atoms with Crippen LogP contribution in [0.2, 0.25) is 0 Å². The molecule has 0 unspecified atom stereocenters. The summed E-state index contributed by atoms with van der Waals surface area (Å²) in [5.41, 5.74) is -0.509. The summed E-state index contributed by atoms with van der Waals surface area (Å²) < 4.78 is 64.2. The molecule has 0 saturated heterocycles. The molecule has 29 heavy (non-hydrogen) atoms. The molecule has 16 heteroatoms. The number of aromatic carboxylic acids is 1. The van der Waals surface area contributed by atoms with Crippen LogP contribution in [-0.4, -0.2) is 57.3 Å². The molecule has 0 fully saturated rings.